The molecule has 53 heavy (non-hydrogen) atoms. The first-order chi connectivity index (χ1) is 24.7. The summed E-state index contributed by atoms with van der Waals surface area (Å²) in [4.78, 5) is 56.4. The Labute approximate surface area is 320 Å². The van der Waals surface area contributed by atoms with Crippen LogP contribution >= 0.6 is 34.8 Å². The normalized spacial score (nSPS) is 21.4. The number of nitro groups is 2. The van der Waals surface area contributed by atoms with Crippen LogP contribution in [0.1, 0.15) is 65.2 Å². The van der Waals surface area contributed by atoms with Gasteiger partial charge in [-0.25, -0.2) is 9.97 Å². The molecule has 2 amide bonds. The van der Waals surface area contributed by atoms with E-state index in [1.165, 1.54) is 0 Å². The summed E-state index contributed by atoms with van der Waals surface area (Å²) in [6, 6.07) is 12.3. The summed E-state index contributed by atoms with van der Waals surface area (Å²) in [6.07, 6.45) is 8.22. The number of carbonyl (C=O) groups is 2. The zero-order valence-corrected chi connectivity index (χ0v) is 31.6. The Bertz CT molecular complexity index is 1760. The Balaban J connectivity index is 0.000000371. The molecule has 0 bridgehead atoms. The van der Waals surface area contributed by atoms with Gasteiger partial charge in [-0.05, 0) is 74.6 Å². The fourth-order valence-electron chi connectivity index (χ4n) is 4.80. The quantitative estimate of drug-likeness (QED) is 0.114. The van der Waals surface area contributed by atoms with Crippen LogP contribution in [-0.4, -0.2) is 66.3 Å². The van der Waals surface area contributed by atoms with Gasteiger partial charge in [0.05, 0.1) is 9.85 Å². The third-order valence-corrected chi connectivity index (χ3v) is 8.89. The van der Waals surface area contributed by atoms with E-state index in [9.17, 15) is 29.8 Å². The standard InChI is InChI=1S/C12H16ClN5O3.C8H16N2O.C6H6.C4HCl2N3O2.O3S/c1-12(10(14)19)4-2-7(3-5-12)16-9-8(18(20)21)6-15-11(13)17-9;1-8(7(10)11)4-2-6(9)3-5-8;1-2-4-6-5-3-1;5-3-2(9(10)11)1-7-4(6)8-3;1-4(2)3/h6-7H,2-5H2,1H3,(H2,14,19)(H,15,16,17);6H,2-5,9H2,1H3,(H2,10,11);1-6H;1H;. The van der Waals surface area contributed by atoms with E-state index in [-0.39, 0.29) is 62.2 Å². The van der Waals surface area contributed by atoms with Crippen molar-refractivity contribution in [1.29, 1.82) is 0 Å². The molecule has 2 heterocycles. The monoisotopic (exact) mass is 820 g/mol. The van der Waals surface area contributed by atoms with Crippen LogP contribution in [0, 0.1) is 31.1 Å². The summed E-state index contributed by atoms with van der Waals surface area (Å²) in [5.74, 6) is -0.380. The van der Waals surface area contributed by atoms with Gasteiger partial charge in [-0.1, -0.05) is 61.8 Å². The van der Waals surface area contributed by atoms with Gasteiger partial charge in [0, 0.05) is 22.9 Å². The van der Waals surface area contributed by atoms with Crippen LogP contribution in [0.25, 0.3) is 0 Å². The van der Waals surface area contributed by atoms with E-state index in [1.54, 1.807) is 0 Å². The van der Waals surface area contributed by atoms with E-state index < -0.39 is 25.9 Å². The summed E-state index contributed by atoms with van der Waals surface area (Å²) in [7, 11) is -3.11. The van der Waals surface area contributed by atoms with Crippen molar-refractivity contribution in [2.45, 2.75) is 77.3 Å². The number of aromatic nitrogens is 4. The number of nitrogens with two attached hydrogens (primary N) is 3. The van der Waals surface area contributed by atoms with Crippen LogP contribution in [0.15, 0.2) is 48.8 Å². The van der Waals surface area contributed by atoms with E-state index in [0.29, 0.717) is 25.7 Å². The van der Waals surface area contributed by atoms with Crippen molar-refractivity contribution in [2.24, 2.45) is 28.0 Å². The lowest BCUT2D eigenvalue weighted by molar-refractivity contribution is -0.385. The summed E-state index contributed by atoms with van der Waals surface area (Å²) >= 11 is 16.3. The maximum Gasteiger partial charge on any atom is 0.425 e. The molecule has 0 unspecified atom stereocenters. The fourth-order valence-corrected chi connectivity index (χ4v) is 5.31. The second-order valence-corrected chi connectivity index (χ2v) is 13.6. The number of carbonyl (C=O) groups excluding carboxylic acids is 2. The molecule has 2 aliphatic carbocycles. The average Bonchev–Trinajstić information content (AvgIpc) is 3.08. The first-order valence-corrected chi connectivity index (χ1v) is 17.7. The predicted octanol–water partition coefficient (Wildman–Crippen LogP) is 4.64. The minimum absolute atomic E-state index is 0.0120. The molecular formula is C30H39Cl3N10O9S. The van der Waals surface area contributed by atoms with Gasteiger partial charge < -0.3 is 22.5 Å². The molecule has 0 aliphatic heterocycles. The topological polar surface area (TPSA) is 313 Å². The number of primary amides is 2. The van der Waals surface area contributed by atoms with Crippen LogP contribution in [-0.2, 0) is 20.2 Å². The molecule has 23 heteroatoms. The molecule has 2 fully saturated rings. The number of nitrogens with one attached hydrogen (secondary N) is 1. The smallest absolute Gasteiger partial charge is 0.369 e. The Morgan fingerprint density at radius 1 is 0.755 bits per heavy atom. The van der Waals surface area contributed by atoms with Gasteiger partial charge in [0.15, 0.2) is 0 Å². The largest absolute Gasteiger partial charge is 0.425 e. The van der Waals surface area contributed by atoms with Crippen LogP contribution in [0.3, 0.4) is 0 Å². The van der Waals surface area contributed by atoms with E-state index in [4.69, 9.17) is 64.6 Å². The highest BCUT2D eigenvalue weighted by Crippen LogP contribution is 2.37. The van der Waals surface area contributed by atoms with Crippen molar-refractivity contribution >= 4 is 74.4 Å². The summed E-state index contributed by atoms with van der Waals surface area (Å²) in [6.45, 7) is 3.77. The van der Waals surface area contributed by atoms with Gasteiger partial charge in [-0.15, -0.1) is 12.6 Å². The Morgan fingerprint density at radius 3 is 1.47 bits per heavy atom. The first kappa shape index (κ1) is 46.4. The van der Waals surface area contributed by atoms with Crippen LogP contribution in [0.2, 0.25) is 15.7 Å². The van der Waals surface area contributed by atoms with Gasteiger partial charge in [0.1, 0.15) is 12.4 Å². The SMILES string of the molecule is CC1(C(N)=O)CCC(N)CC1.CC1(C(N)=O)CCC(Nc2nc(Cl)ncc2[N+](=O)[O-])CC1.O=S(=O)=O.O=[N+]([O-])c1cnc(Cl)nc1Cl.c1ccccc1. The highest BCUT2D eigenvalue weighted by Gasteiger charge is 2.37. The van der Waals surface area contributed by atoms with Gasteiger partial charge in [0.2, 0.25) is 33.4 Å². The highest BCUT2D eigenvalue weighted by atomic mass is 35.5. The van der Waals surface area contributed by atoms with Crippen molar-refractivity contribution in [2.75, 3.05) is 5.32 Å². The van der Waals surface area contributed by atoms with E-state index in [0.717, 1.165) is 38.1 Å². The number of amides is 2. The van der Waals surface area contributed by atoms with E-state index in [1.807, 2.05) is 50.2 Å². The lowest BCUT2D eigenvalue weighted by Gasteiger charge is -2.35. The second-order valence-electron chi connectivity index (χ2n) is 12.2. The maximum atomic E-state index is 11.4. The van der Waals surface area contributed by atoms with Crippen LogP contribution in [0.4, 0.5) is 17.2 Å². The number of anilines is 1. The van der Waals surface area contributed by atoms with Crippen molar-refractivity contribution in [1.82, 2.24) is 19.9 Å². The molecule has 1 aromatic carbocycles. The van der Waals surface area contributed by atoms with Gasteiger partial charge in [0.25, 0.3) is 0 Å². The third-order valence-electron chi connectivity index (χ3n) is 8.25. The van der Waals surface area contributed by atoms with Gasteiger partial charge in [-0.2, -0.15) is 9.97 Å². The van der Waals surface area contributed by atoms with Gasteiger partial charge in [-0.3, -0.25) is 29.8 Å². The molecule has 0 atom stereocenters. The zero-order chi connectivity index (χ0) is 40.4. The molecular weight excluding hydrogens is 783 g/mol. The van der Waals surface area contributed by atoms with Gasteiger partial charge >= 0.3 is 22.0 Å². The number of hydrogen-bond acceptors (Lipinski definition) is 15. The molecule has 2 saturated carbocycles. The molecule has 0 spiro atoms. The van der Waals surface area contributed by atoms with Crippen molar-refractivity contribution < 1.29 is 32.1 Å². The molecule has 5 rings (SSSR count). The van der Waals surface area contributed by atoms with Crippen molar-refractivity contribution in [3.63, 3.8) is 0 Å². The molecule has 2 aliphatic rings. The number of benzene rings is 1. The van der Waals surface area contributed by atoms with Crippen LogP contribution < -0.4 is 22.5 Å². The Hall–Kier alpha value is -4.63. The predicted molar refractivity (Wildman–Crippen MR) is 195 cm³/mol. The zero-order valence-electron chi connectivity index (χ0n) is 28.6. The summed E-state index contributed by atoms with van der Waals surface area (Å²) in [5.41, 5.74) is 15.0. The molecule has 2 aromatic heterocycles. The summed E-state index contributed by atoms with van der Waals surface area (Å²) < 4.78 is 25.3. The highest BCUT2D eigenvalue weighted by molar-refractivity contribution is 7.59. The lowest BCUT2D eigenvalue weighted by atomic mass is 9.73. The minimum atomic E-state index is -3.11. The molecule has 7 N–H and O–H groups in total. The molecule has 0 saturated heterocycles. The fraction of sp³-hybridized carbons (Fsp3) is 0.467. The van der Waals surface area contributed by atoms with Crippen molar-refractivity contribution in [3.8, 4) is 0 Å². The first-order valence-electron chi connectivity index (χ1n) is 15.6. The second kappa shape index (κ2) is 22.4. The number of hydrogen-bond donors (Lipinski definition) is 4. The Morgan fingerprint density at radius 2 is 1.11 bits per heavy atom. The van der Waals surface area contributed by atoms with Crippen LogP contribution in [0.5, 0.6) is 0 Å². The molecule has 3 aromatic rings. The molecule has 290 valence electrons. The summed E-state index contributed by atoms with van der Waals surface area (Å²) in [5, 5.41) is 23.7. The lowest BCUT2D eigenvalue weighted by Crippen LogP contribution is -2.40. The molecule has 0 radical (unpaired) electrons. The van der Waals surface area contributed by atoms with E-state index in [2.05, 4.69) is 25.3 Å². The number of halogens is 3. The van der Waals surface area contributed by atoms with Crippen molar-refractivity contribution in [3.05, 3.63) is 84.7 Å². The maximum absolute atomic E-state index is 11.4. The third kappa shape index (κ3) is 17.2. The minimum Gasteiger partial charge on any atom is -0.369 e. The number of nitrogens with zero attached hydrogens (tertiary/aromatic N) is 6. The van der Waals surface area contributed by atoms with E-state index >= 15 is 0 Å². The molecule has 19 nitrogen and oxygen atoms in total. The number of rotatable bonds is 6. The Kier molecular flexibility index (Phi) is 19.6. The average molecular weight is 822 g/mol.